The summed E-state index contributed by atoms with van der Waals surface area (Å²) >= 11 is 0. The molecule has 0 radical (unpaired) electrons. The Hall–Kier alpha value is -6.56. The molecule has 3 aliphatic rings. The van der Waals surface area contributed by atoms with Crippen molar-refractivity contribution in [1.82, 2.24) is 0 Å². The predicted molar refractivity (Wildman–Crippen MR) is 272 cm³/mol. The van der Waals surface area contributed by atoms with E-state index in [9.17, 15) is 0 Å². The minimum absolute atomic E-state index is 0.352. The lowest BCUT2D eigenvalue weighted by Gasteiger charge is -2.22. The SMILES string of the molecule is C=CCOc1c2cccc1Cc1cccc3c1OCCOCCOCCOc1c(cccc1Cc1cccc4c1OCCOCCOCCOc1c(cccc1C3)Cc1cccc(c1OCC=C)C4)C2. The summed E-state index contributed by atoms with van der Waals surface area (Å²) in [6, 6.07) is 38.5. The van der Waals surface area contributed by atoms with E-state index in [1.165, 1.54) is 0 Å². The van der Waals surface area contributed by atoms with Gasteiger partial charge in [0.05, 0.1) is 52.9 Å². The van der Waals surface area contributed by atoms with Gasteiger partial charge in [-0.05, 0) is 66.8 Å². The molecule has 0 N–H and O–H groups in total. The summed E-state index contributed by atoms with van der Waals surface area (Å²) in [5, 5.41) is 0. The van der Waals surface area contributed by atoms with Crippen LogP contribution in [0.3, 0.4) is 0 Å². The van der Waals surface area contributed by atoms with Crippen LogP contribution in [-0.4, -0.2) is 92.5 Å². The summed E-state index contributed by atoms with van der Waals surface area (Å²) in [6.07, 6.45) is 6.94. The summed E-state index contributed by atoms with van der Waals surface area (Å²) in [5.74, 6) is 4.90. The van der Waals surface area contributed by atoms with Crippen LogP contribution in [0.25, 0.3) is 0 Å². The van der Waals surface area contributed by atoms with Gasteiger partial charge < -0.3 is 47.4 Å². The third kappa shape index (κ3) is 12.2. The lowest BCUT2D eigenvalue weighted by molar-refractivity contribution is 0.0268. The third-order valence-electron chi connectivity index (χ3n) is 12.7. The lowest BCUT2D eigenvalue weighted by atomic mass is 9.91. The van der Waals surface area contributed by atoms with Gasteiger partial charge in [0, 0.05) is 38.5 Å². The van der Waals surface area contributed by atoms with Gasteiger partial charge in [-0.3, -0.25) is 0 Å². The second kappa shape index (κ2) is 24.8. The number of ether oxygens (including phenoxy) is 10. The number of rotatable bonds is 6. The monoisotopic (exact) mass is 944 g/mol. The van der Waals surface area contributed by atoms with Crippen LogP contribution < -0.4 is 28.4 Å². The Labute approximate surface area is 412 Å². The molecule has 364 valence electrons. The van der Waals surface area contributed by atoms with Crippen LogP contribution in [-0.2, 0) is 57.5 Å². The fourth-order valence-electron chi connectivity index (χ4n) is 9.58. The smallest absolute Gasteiger partial charge is 0.126 e. The van der Waals surface area contributed by atoms with E-state index in [0.717, 1.165) is 101 Å². The highest BCUT2D eigenvalue weighted by Gasteiger charge is 2.23. The number of benzene rings is 6. The van der Waals surface area contributed by atoms with Crippen molar-refractivity contribution >= 4 is 0 Å². The van der Waals surface area contributed by atoms with E-state index in [4.69, 9.17) is 47.4 Å². The second-order valence-electron chi connectivity index (χ2n) is 17.5. The summed E-state index contributed by atoms with van der Waals surface area (Å²) in [6.45, 7) is 13.4. The van der Waals surface area contributed by atoms with Crippen LogP contribution in [0.15, 0.2) is 135 Å². The van der Waals surface area contributed by atoms with Crippen molar-refractivity contribution in [1.29, 1.82) is 0 Å². The topological polar surface area (TPSA) is 92.3 Å². The fourth-order valence-corrected chi connectivity index (χ4v) is 9.58. The van der Waals surface area contributed by atoms with Gasteiger partial charge >= 0.3 is 0 Å². The number of para-hydroxylation sites is 6. The summed E-state index contributed by atoms with van der Waals surface area (Å²) in [5.41, 5.74) is 12.4. The average Bonchev–Trinajstić information content (AvgIpc) is 3.36. The van der Waals surface area contributed by atoms with Crippen LogP contribution in [0.1, 0.15) is 66.8 Å². The quantitative estimate of drug-likeness (QED) is 0.150. The first-order valence-electron chi connectivity index (χ1n) is 24.6. The van der Waals surface area contributed by atoms with Gasteiger partial charge in [-0.2, -0.15) is 0 Å². The molecule has 0 spiro atoms. The van der Waals surface area contributed by atoms with E-state index in [1.54, 1.807) is 12.2 Å². The van der Waals surface area contributed by atoms with Crippen molar-refractivity contribution < 1.29 is 47.4 Å². The molecular formula is C60H64O10. The Kier molecular flexibility index (Phi) is 17.2. The zero-order chi connectivity index (χ0) is 47.7. The van der Waals surface area contributed by atoms with E-state index in [0.29, 0.717) is 131 Å². The molecule has 2 aliphatic heterocycles. The Balaban J connectivity index is 1.28. The Morgan fingerprint density at radius 1 is 0.300 bits per heavy atom. The molecule has 0 saturated heterocycles. The van der Waals surface area contributed by atoms with Gasteiger partial charge in [0.25, 0.3) is 0 Å². The molecule has 10 heteroatoms. The molecule has 0 saturated carbocycles. The average molecular weight is 945 g/mol. The van der Waals surface area contributed by atoms with Crippen molar-refractivity contribution in [3.8, 4) is 34.5 Å². The molecule has 16 bridgehead atoms. The number of hydrogen-bond donors (Lipinski definition) is 0. The molecule has 9 rings (SSSR count). The van der Waals surface area contributed by atoms with Crippen molar-refractivity contribution in [2.24, 2.45) is 0 Å². The van der Waals surface area contributed by atoms with Crippen molar-refractivity contribution in [3.63, 3.8) is 0 Å². The van der Waals surface area contributed by atoms with Crippen LogP contribution in [0.4, 0.5) is 0 Å². The largest absolute Gasteiger partial charge is 0.491 e. The molecule has 6 aromatic carbocycles. The van der Waals surface area contributed by atoms with E-state index >= 15 is 0 Å². The van der Waals surface area contributed by atoms with E-state index in [-0.39, 0.29) is 0 Å². The first kappa shape index (κ1) is 48.5. The fraction of sp³-hybridized carbons (Fsp3) is 0.333. The molecular weight excluding hydrogens is 881 g/mol. The van der Waals surface area contributed by atoms with Gasteiger partial charge in [-0.25, -0.2) is 0 Å². The molecule has 2 heterocycles. The third-order valence-corrected chi connectivity index (χ3v) is 12.7. The standard InChI is InChI=1S/C60H64O10/c1-3-23-65-55-43-11-5-12-44(55)38-48-16-8-20-52-42-54-22-10-18-50-40-46-14-6-13-45(56(46)66-24-4-2)39-49-17-9-21-53(59(49)69-35-31-63-27-28-64-32-36-70-60(50)54)41-51-19-7-15-47(37-43)57(51)67-33-29-61-25-26-62-30-34-68-58(48)52/h3-22H,1-2,23-42H2. The normalized spacial score (nSPS) is 16.0. The van der Waals surface area contributed by atoms with Crippen molar-refractivity contribution in [2.75, 3.05) is 92.5 Å². The Bertz CT molecular complexity index is 2360. The second-order valence-corrected chi connectivity index (χ2v) is 17.5. The van der Waals surface area contributed by atoms with Gasteiger partial charge in [0.1, 0.15) is 74.1 Å². The highest BCUT2D eigenvalue weighted by atomic mass is 16.6. The molecule has 1 aliphatic carbocycles. The molecule has 0 atom stereocenters. The highest BCUT2D eigenvalue weighted by Crippen LogP contribution is 2.40. The van der Waals surface area contributed by atoms with Gasteiger partial charge in [-0.15, -0.1) is 0 Å². The van der Waals surface area contributed by atoms with E-state index < -0.39 is 0 Å². The van der Waals surface area contributed by atoms with Gasteiger partial charge in [0.2, 0.25) is 0 Å². The molecule has 6 aromatic rings. The van der Waals surface area contributed by atoms with Crippen LogP contribution in [0.5, 0.6) is 34.5 Å². The molecule has 0 amide bonds. The summed E-state index contributed by atoms with van der Waals surface area (Å²) < 4.78 is 64.8. The summed E-state index contributed by atoms with van der Waals surface area (Å²) in [7, 11) is 0. The summed E-state index contributed by atoms with van der Waals surface area (Å²) in [4.78, 5) is 0. The van der Waals surface area contributed by atoms with Crippen LogP contribution >= 0.6 is 0 Å². The lowest BCUT2D eigenvalue weighted by Crippen LogP contribution is -2.15. The predicted octanol–water partition coefficient (Wildman–Crippen LogP) is 10.3. The molecule has 0 fully saturated rings. The Morgan fingerprint density at radius 3 is 0.729 bits per heavy atom. The molecule has 10 nitrogen and oxygen atoms in total. The number of hydrogen-bond acceptors (Lipinski definition) is 10. The van der Waals surface area contributed by atoms with Crippen LogP contribution in [0, 0.1) is 0 Å². The van der Waals surface area contributed by atoms with Crippen LogP contribution in [0.2, 0.25) is 0 Å². The van der Waals surface area contributed by atoms with E-state index in [2.05, 4.69) is 122 Å². The minimum atomic E-state index is 0.352. The van der Waals surface area contributed by atoms with Crippen molar-refractivity contribution in [3.05, 3.63) is 201 Å². The zero-order valence-corrected chi connectivity index (χ0v) is 40.2. The first-order chi connectivity index (χ1) is 34.7. The molecule has 0 unspecified atom stereocenters. The maximum Gasteiger partial charge on any atom is 0.126 e. The Morgan fingerprint density at radius 2 is 0.500 bits per heavy atom. The maximum atomic E-state index is 6.81. The zero-order valence-electron chi connectivity index (χ0n) is 40.2. The molecule has 70 heavy (non-hydrogen) atoms. The van der Waals surface area contributed by atoms with Crippen molar-refractivity contribution in [2.45, 2.75) is 38.5 Å². The highest BCUT2D eigenvalue weighted by molar-refractivity contribution is 5.57. The van der Waals surface area contributed by atoms with Gasteiger partial charge in [-0.1, -0.05) is 135 Å². The maximum absolute atomic E-state index is 6.81. The van der Waals surface area contributed by atoms with E-state index in [1.807, 2.05) is 0 Å². The molecule has 0 aromatic heterocycles. The van der Waals surface area contributed by atoms with Gasteiger partial charge in [0.15, 0.2) is 0 Å². The first-order valence-corrected chi connectivity index (χ1v) is 24.6. The minimum Gasteiger partial charge on any atom is -0.491 e.